The summed E-state index contributed by atoms with van der Waals surface area (Å²) in [5.41, 5.74) is 3.13. The summed E-state index contributed by atoms with van der Waals surface area (Å²) in [7, 11) is 1.47. The monoisotopic (exact) mass is 495 g/mol. The number of hydrogen-bond donors (Lipinski definition) is 1. The van der Waals surface area contributed by atoms with Gasteiger partial charge in [0.1, 0.15) is 6.61 Å². The van der Waals surface area contributed by atoms with Gasteiger partial charge in [0.25, 0.3) is 5.91 Å². The molecule has 1 heterocycles. The predicted octanol–water partition coefficient (Wildman–Crippen LogP) is 2.82. The van der Waals surface area contributed by atoms with Gasteiger partial charge in [0.15, 0.2) is 18.1 Å². The molecule has 1 aliphatic heterocycles. The second kappa shape index (κ2) is 12.7. The minimum absolute atomic E-state index is 0.0857. The van der Waals surface area contributed by atoms with Crippen molar-refractivity contribution in [1.82, 2.24) is 9.80 Å². The third-order valence-corrected chi connectivity index (χ3v) is 5.92. The van der Waals surface area contributed by atoms with Crippen LogP contribution in [0, 0.1) is 13.8 Å². The summed E-state index contributed by atoms with van der Waals surface area (Å²) in [6.45, 7) is 9.74. The van der Waals surface area contributed by atoms with Gasteiger partial charge in [-0.05, 0) is 43.2 Å². The van der Waals surface area contributed by atoms with Crippen LogP contribution >= 0.6 is 0 Å². The van der Waals surface area contributed by atoms with Crippen LogP contribution in [0.5, 0.6) is 11.5 Å². The third-order valence-electron chi connectivity index (χ3n) is 5.92. The number of nitrogens with zero attached hydrogens (tertiary/aromatic N) is 2. The molecule has 9 heteroatoms. The molecular weight excluding hydrogens is 462 g/mol. The molecule has 192 valence electrons. The molecule has 0 saturated carbocycles. The van der Waals surface area contributed by atoms with Crippen molar-refractivity contribution in [2.45, 2.75) is 13.8 Å². The summed E-state index contributed by atoms with van der Waals surface area (Å²) in [4.78, 5) is 41.2. The van der Waals surface area contributed by atoms with Crippen LogP contribution in [0.2, 0.25) is 0 Å². The van der Waals surface area contributed by atoms with Gasteiger partial charge in [-0.2, -0.15) is 0 Å². The van der Waals surface area contributed by atoms with Gasteiger partial charge in [-0.25, -0.2) is 4.79 Å². The Balaban J connectivity index is 1.44. The zero-order valence-electron chi connectivity index (χ0n) is 21.0. The Hall–Kier alpha value is -3.85. The molecule has 0 radical (unpaired) electrons. The Bertz CT molecular complexity index is 1090. The quantitative estimate of drug-likeness (QED) is 0.400. The van der Waals surface area contributed by atoms with Crippen molar-refractivity contribution in [3.63, 3.8) is 0 Å². The normalized spacial score (nSPS) is 13.6. The minimum atomic E-state index is -0.626. The fourth-order valence-corrected chi connectivity index (χ4v) is 3.91. The van der Waals surface area contributed by atoms with E-state index in [0.29, 0.717) is 44.3 Å². The zero-order valence-corrected chi connectivity index (χ0v) is 21.0. The summed E-state index contributed by atoms with van der Waals surface area (Å²) < 4.78 is 16.0. The number of methoxy groups -OCH3 is 1. The number of benzene rings is 2. The topological polar surface area (TPSA) is 97.4 Å². The van der Waals surface area contributed by atoms with Crippen LogP contribution in [-0.4, -0.2) is 80.6 Å². The largest absolute Gasteiger partial charge is 0.493 e. The van der Waals surface area contributed by atoms with E-state index in [9.17, 15) is 14.4 Å². The average Bonchev–Trinajstić information content (AvgIpc) is 2.88. The van der Waals surface area contributed by atoms with E-state index >= 15 is 0 Å². The molecule has 9 nitrogen and oxygen atoms in total. The van der Waals surface area contributed by atoms with Crippen molar-refractivity contribution >= 4 is 23.5 Å². The molecular formula is C27H33N3O6. The number of nitrogens with one attached hydrogen (secondary N) is 1. The van der Waals surface area contributed by atoms with Gasteiger partial charge in [-0.15, -0.1) is 0 Å². The van der Waals surface area contributed by atoms with E-state index in [0.717, 1.165) is 16.8 Å². The Labute approximate surface area is 211 Å². The highest BCUT2D eigenvalue weighted by molar-refractivity contribution is 5.94. The van der Waals surface area contributed by atoms with Crippen LogP contribution in [0.25, 0.3) is 0 Å². The number of ether oxygens (including phenoxy) is 3. The number of anilines is 1. The van der Waals surface area contributed by atoms with E-state index in [4.69, 9.17) is 14.2 Å². The van der Waals surface area contributed by atoms with Gasteiger partial charge in [-0.3, -0.25) is 14.5 Å². The summed E-state index contributed by atoms with van der Waals surface area (Å²) in [6.07, 6.45) is 1.61. The van der Waals surface area contributed by atoms with Crippen LogP contribution in [0.15, 0.2) is 49.1 Å². The number of aryl methyl sites for hydroxylation is 2. The Morgan fingerprint density at radius 2 is 1.72 bits per heavy atom. The van der Waals surface area contributed by atoms with E-state index in [-0.39, 0.29) is 30.5 Å². The highest BCUT2D eigenvalue weighted by atomic mass is 16.5. The molecule has 36 heavy (non-hydrogen) atoms. The van der Waals surface area contributed by atoms with Crippen LogP contribution in [-0.2, 0) is 14.3 Å². The van der Waals surface area contributed by atoms with E-state index in [1.54, 1.807) is 23.1 Å². The van der Waals surface area contributed by atoms with E-state index in [1.807, 2.05) is 36.9 Å². The lowest BCUT2D eigenvalue weighted by atomic mass is 10.1. The van der Waals surface area contributed by atoms with Crippen molar-refractivity contribution in [3.8, 4) is 11.5 Å². The molecule has 0 atom stereocenters. The molecule has 2 amide bonds. The van der Waals surface area contributed by atoms with Gasteiger partial charge in [0, 0.05) is 31.9 Å². The first-order chi connectivity index (χ1) is 17.3. The van der Waals surface area contributed by atoms with Crippen molar-refractivity contribution in [2.75, 3.05) is 58.4 Å². The molecule has 0 spiro atoms. The number of rotatable bonds is 10. The molecule has 2 aromatic carbocycles. The molecule has 0 unspecified atom stereocenters. The number of carbonyl (C=O) groups excluding carboxylic acids is 3. The van der Waals surface area contributed by atoms with Gasteiger partial charge in [-0.1, -0.05) is 30.9 Å². The third kappa shape index (κ3) is 7.08. The molecule has 1 N–H and O–H groups in total. The fourth-order valence-electron chi connectivity index (χ4n) is 3.91. The maximum Gasteiger partial charge on any atom is 0.338 e. The second-order valence-electron chi connectivity index (χ2n) is 8.51. The van der Waals surface area contributed by atoms with E-state index in [2.05, 4.69) is 11.9 Å². The molecule has 2 aromatic rings. The number of hydrogen-bond acceptors (Lipinski definition) is 7. The predicted molar refractivity (Wildman–Crippen MR) is 137 cm³/mol. The minimum Gasteiger partial charge on any atom is -0.493 e. The molecule has 3 rings (SSSR count). The fraction of sp³-hybridized carbons (Fsp3) is 0.370. The lowest BCUT2D eigenvalue weighted by molar-refractivity contribution is -0.136. The summed E-state index contributed by atoms with van der Waals surface area (Å²) in [5.74, 6) is -0.127. The van der Waals surface area contributed by atoms with Gasteiger partial charge in [0.05, 0.1) is 19.2 Å². The van der Waals surface area contributed by atoms with Crippen LogP contribution in [0.1, 0.15) is 21.5 Å². The van der Waals surface area contributed by atoms with E-state index < -0.39 is 5.97 Å². The standard InChI is InChI=1S/C27H33N3O6/c1-5-15-35-22-10-9-21(16-23(22)34-4)27(33)36-18-25(32)30-13-11-29(12-14-30)17-24(31)28-26-19(2)7-6-8-20(26)3/h5-10,16H,1,11-15,17-18H2,2-4H3,(H,28,31). The maximum absolute atomic E-state index is 12.6. The van der Waals surface area contributed by atoms with Gasteiger partial charge in [0.2, 0.25) is 5.91 Å². The van der Waals surface area contributed by atoms with Crippen LogP contribution in [0.4, 0.5) is 5.69 Å². The van der Waals surface area contributed by atoms with Crippen molar-refractivity contribution in [3.05, 3.63) is 65.7 Å². The SMILES string of the molecule is C=CCOc1ccc(C(=O)OCC(=O)N2CCN(CC(=O)Nc3c(C)cccc3C)CC2)cc1OC. The molecule has 0 bridgehead atoms. The van der Waals surface area contributed by atoms with Gasteiger partial charge >= 0.3 is 5.97 Å². The highest BCUT2D eigenvalue weighted by Crippen LogP contribution is 2.28. The first-order valence-corrected chi connectivity index (χ1v) is 11.8. The average molecular weight is 496 g/mol. The molecule has 1 aliphatic rings. The second-order valence-corrected chi connectivity index (χ2v) is 8.51. The van der Waals surface area contributed by atoms with Crippen molar-refractivity contribution < 1.29 is 28.6 Å². The van der Waals surface area contributed by atoms with Gasteiger partial charge < -0.3 is 24.4 Å². The number of amides is 2. The summed E-state index contributed by atoms with van der Waals surface area (Å²) in [5, 5.41) is 2.99. The summed E-state index contributed by atoms with van der Waals surface area (Å²) in [6, 6.07) is 10.6. The van der Waals surface area contributed by atoms with E-state index in [1.165, 1.54) is 13.2 Å². The first kappa shape index (κ1) is 26.7. The Morgan fingerprint density at radius 3 is 2.36 bits per heavy atom. The first-order valence-electron chi connectivity index (χ1n) is 11.8. The summed E-state index contributed by atoms with van der Waals surface area (Å²) >= 11 is 0. The molecule has 0 aromatic heterocycles. The highest BCUT2D eigenvalue weighted by Gasteiger charge is 2.24. The lowest BCUT2D eigenvalue weighted by Crippen LogP contribution is -2.51. The molecule has 0 aliphatic carbocycles. The van der Waals surface area contributed by atoms with Crippen molar-refractivity contribution in [1.29, 1.82) is 0 Å². The van der Waals surface area contributed by atoms with Crippen LogP contribution < -0.4 is 14.8 Å². The number of piperazine rings is 1. The Kier molecular flexibility index (Phi) is 9.46. The smallest absolute Gasteiger partial charge is 0.338 e. The van der Waals surface area contributed by atoms with Crippen LogP contribution in [0.3, 0.4) is 0 Å². The lowest BCUT2D eigenvalue weighted by Gasteiger charge is -2.34. The number of para-hydroxylation sites is 1. The number of carbonyl (C=O) groups is 3. The molecule has 1 saturated heterocycles. The Morgan fingerprint density at radius 1 is 1.03 bits per heavy atom. The molecule has 1 fully saturated rings. The number of esters is 1. The maximum atomic E-state index is 12.6. The zero-order chi connectivity index (χ0) is 26.1. The van der Waals surface area contributed by atoms with Crippen molar-refractivity contribution in [2.24, 2.45) is 0 Å².